The van der Waals surface area contributed by atoms with E-state index in [1.807, 2.05) is 36.6 Å². The Bertz CT molecular complexity index is 426. The third-order valence-corrected chi connectivity index (χ3v) is 3.39. The molecule has 3 N–H and O–H groups in total. The summed E-state index contributed by atoms with van der Waals surface area (Å²) in [7, 11) is 0. The highest BCUT2D eigenvalue weighted by Gasteiger charge is 2.17. The normalized spacial score (nSPS) is 11.7. The number of rotatable bonds is 8. The highest BCUT2D eigenvalue weighted by Crippen LogP contribution is 2.16. The van der Waals surface area contributed by atoms with Crippen molar-refractivity contribution in [1.29, 1.82) is 0 Å². The number of thioether (sulfide) groups is 1. The Morgan fingerprint density at radius 1 is 1.30 bits per heavy atom. The fraction of sp³-hybridized carbons (Fsp3) is 0.429. The van der Waals surface area contributed by atoms with E-state index in [9.17, 15) is 9.59 Å². The third-order valence-electron chi connectivity index (χ3n) is 2.70. The lowest BCUT2D eigenvalue weighted by Crippen LogP contribution is -2.39. The van der Waals surface area contributed by atoms with Crippen molar-refractivity contribution < 1.29 is 14.7 Å². The van der Waals surface area contributed by atoms with Gasteiger partial charge in [-0.25, -0.2) is 4.79 Å². The Morgan fingerprint density at radius 3 is 2.60 bits per heavy atom. The lowest BCUT2D eigenvalue weighted by Gasteiger charge is -2.17. The van der Waals surface area contributed by atoms with Gasteiger partial charge in [0.2, 0.25) is 0 Å². The number of aliphatic carboxylic acids is 1. The van der Waals surface area contributed by atoms with Gasteiger partial charge < -0.3 is 15.7 Å². The van der Waals surface area contributed by atoms with Crippen LogP contribution in [0.1, 0.15) is 24.4 Å². The van der Waals surface area contributed by atoms with Gasteiger partial charge in [0.15, 0.2) is 0 Å². The first-order chi connectivity index (χ1) is 9.63. The summed E-state index contributed by atoms with van der Waals surface area (Å²) >= 11 is 1.72. The Kier molecular flexibility index (Phi) is 7.57. The number of urea groups is 1. The first kappa shape index (κ1) is 16.4. The van der Waals surface area contributed by atoms with E-state index in [1.165, 1.54) is 0 Å². The van der Waals surface area contributed by atoms with E-state index in [0.717, 1.165) is 17.7 Å². The number of carboxylic acids is 1. The monoisotopic (exact) mass is 296 g/mol. The van der Waals surface area contributed by atoms with Gasteiger partial charge in [0.05, 0.1) is 12.5 Å². The Labute approximate surface area is 123 Å². The van der Waals surface area contributed by atoms with Crippen LogP contribution >= 0.6 is 11.8 Å². The summed E-state index contributed by atoms with van der Waals surface area (Å²) in [5.41, 5.74) is 0.786. The van der Waals surface area contributed by atoms with E-state index in [4.69, 9.17) is 5.11 Å². The van der Waals surface area contributed by atoms with Gasteiger partial charge in [-0.1, -0.05) is 30.3 Å². The topological polar surface area (TPSA) is 78.4 Å². The molecule has 0 saturated carbocycles. The maximum Gasteiger partial charge on any atom is 0.315 e. The zero-order valence-electron chi connectivity index (χ0n) is 11.5. The first-order valence-corrected chi connectivity index (χ1v) is 7.83. The molecule has 0 aliphatic heterocycles. The van der Waals surface area contributed by atoms with E-state index >= 15 is 0 Å². The molecule has 1 aromatic rings. The van der Waals surface area contributed by atoms with Gasteiger partial charge in [0, 0.05) is 6.54 Å². The molecule has 0 aromatic heterocycles. The number of carbonyl (C=O) groups is 2. The molecule has 0 aliphatic carbocycles. The van der Waals surface area contributed by atoms with Crippen LogP contribution < -0.4 is 10.6 Å². The molecule has 0 radical (unpaired) electrons. The van der Waals surface area contributed by atoms with Crippen LogP contribution in [0.15, 0.2) is 30.3 Å². The highest BCUT2D eigenvalue weighted by molar-refractivity contribution is 7.98. The minimum Gasteiger partial charge on any atom is -0.481 e. The second kappa shape index (κ2) is 9.25. The Morgan fingerprint density at radius 2 is 2.00 bits per heavy atom. The van der Waals surface area contributed by atoms with Crippen molar-refractivity contribution in [2.24, 2.45) is 0 Å². The zero-order valence-corrected chi connectivity index (χ0v) is 12.3. The number of nitrogens with one attached hydrogen (secondary N) is 2. The number of benzene rings is 1. The van der Waals surface area contributed by atoms with E-state index in [0.29, 0.717) is 6.54 Å². The molecule has 0 saturated heterocycles. The van der Waals surface area contributed by atoms with Crippen LogP contribution in [-0.2, 0) is 4.79 Å². The van der Waals surface area contributed by atoms with Gasteiger partial charge in [-0.15, -0.1) is 0 Å². The number of hydrogen-bond donors (Lipinski definition) is 3. The predicted molar refractivity (Wildman–Crippen MR) is 81.0 cm³/mol. The van der Waals surface area contributed by atoms with Crippen molar-refractivity contribution >= 4 is 23.8 Å². The lowest BCUT2D eigenvalue weighted by molar-refractivity contribution is -0.137. The Balaban J connectivity index is 2.52. The SMILES string of the molecule is CSCCCNC(=O)NC(CC(=O)O)c1ccccc1. The fourth-order valence-corrected chi connectivity index (χ4v) is 2.17. The van der Waals surface area contributed by atoms with Crippen molar-refractivity contribution in [2.45, 2.75) is 18.9 Å². The predicted octanol–water partition coefficient (Wildman–Crippen LogP) is 2.25. The fourth-order valence-electron chi connectivity index (χ4n) is 1.74. The summed E-state index contributed by atoms with van der Waals surface area (Å²) in [6.07, 6.45) is 2.77. The first-order valence-electron chi connectivity index (χ1n) is 6.43. The summed E-state index contributed by atoms with van der Waals surface area (Å²) in [5.74, 6) is 0.0406. The average Bonchev–Trinajstić information content (AvgIpc) is 2.43. The molecule has 1 unspecified atom stereocenters. The minimum atomic E-state index is -0.943. The molecule has 0 bridgehead atoms. The van der Waals surface area contributed by atoms with Crippen molar-refractivity contribution in [3.8, 4) is 0 Å². The van der Waals surface area contributed by atoms with Crippen molar-refractivity contribution in [1.82, 2.24) is 10.6 Å². The van der Waals surface area contributed by atoms with Crippen LogP contribution in [-0.4, -0.2) is 35.7 Å². The van der Waals surface area contributed by atoms with Crippen LogP contribution in [0.3, 0.4) is 0 Å². The molecule has 0 aliphatic rings. The van der Waals surface area contributed by atoms with E-state index < -0.39 is 12.0 Å². The van der Waals surface area contributed by atoms with Crippen molar-refractivity contribution in [3.05, 3.63) is 35.9 Å². The van der Waals surface area contributed by atoms with E-state index in [-0.39, 0.29) is 12.5 Å². The number of carboxylic acid groups (broad SMARTS) is 1. The average molecular weight is 296 g/mol. The van der Waals surface area contributed by atoms with Gasteiger partial charge in [0.1, 0.15) is 0 Å². The maximum atomic E-state index is 11.7. The van der Waals surface area contributed by atoms with Gasteiger partial charge in [-0.3, -0.25) is 4.79 Å². The van der Waals surface area contributed by atoms with Gasteiger partial charge in [-0.05, 0) is 24.0 Å². The molecule has 1 aromatic carbocycles. The number of amides is 2. The van der Waals surface area contributed by atoms with Crippen LogP contribution in [0.5, 0.6) is 0 Å². The molecule has 20 heavy (non-hydrogen) atoms. The van der Waals surface area contributed by atoms with Gasteiger partial charge >= 0.3 is 12.0 Å². The van der Waals surface area contributed by atoms with Gasteiger partial charge in [0.25, 0.3) is 0 Å². The largest absolute Gasteiger partial charge is 0.481 e. The molecular weight excluding hydrogens is 276 g/mol. The van der Waals surface area contributed by atoms with Crippen molar-refractivity contribution in [3.63, 3.8) is 0 Å². The third kappa shape index (κ3) is 6.47. The molecule has 6 heteroatoms. The lowest BCUT2D eigenvalue weighted by atomic mass is 10.0. The van der Waals surface area contributed by atoms with E-state index in [1.54, 1.807) is 11.8 Å². The molecule has 0 spiro atoms. The maximum absolute atomic E-state index is 11.7. The smallest absolute Gasteiger partial charge is 0.315 e. The van der Waals surface area contributed by atoms with Crippen LogP contribution in [0, 0.1) is 0 Å². The van der Waals surface area contributed by atoms with Crippen LogP contribution in [0.25, 0.3) is 0 Å². The molecule has 110 valence electrons. The summed E-state index contributed by atoms with van der Waals surface area (Å²) in [6, 6.07) is 8.26. The molecule has 0 heterocycles. The standard InChI is InChI=1S/C14H20N2O3S/c1-20-9-5-8-15-14(19)16-12(10-13(17)18)11-6-3-2-4-7-11/h2-4,6-7,12H,5,8-10H2,1H3,(H,17,18)(H2,15,16,19). The Hall–Kier alpha value is -1.69. The van der Waals surface area contributed by atoms with Gasteiger partial charge in [-0.2, -0.15) is 11.8 Å². The zero-order chi connectivity index (χ0) is 14.8. The molecular formula is C14H20N2O3S. The second-order valence-electron chi connectivity index (χ2n) is 4.31. The van der Waals surface area contributed by atoms with Crippen LogP contribution in [0.4, 0.5) is 4.79 Å². The highest BCUT2D eigenvalue weighted by atomic mass is 32.2. The molecule has 1 rings (SSSR count). The molecule has 2 amide bonds. The molecule has 5 nitrogen and oxygen atoms in total. The summed E-state index contributed by atoms with van der Waals surface area (Å²) in [4.78, 5) is 22.6. The second-order valence-corrected chi connectivity index (χ2v) is 5.29. The summed E-state index contributed by atoms with van der Waals surface area (Å²) < 4.78 is 0. The number of carbonyl (C=O) groups excluding carboxylic acids is 1. The minimum absolute atomic E-state index is 0.137. The van der Waals surface area contributed by atoms with E-state index in [2.05, 4.69) is 10.6 Å². The van der Waals surface area contributed by atoms with Crippen LogP contribution in [0.2, 0.25) is 0 Å². The molecule has 0 fully saturated rings. The molecule has 1 atom stereocenters. The summed E-state index contributed by atoms with van der Waals surface area (Å²) in [6.45, 7) is 0.585. The van der Waals surface area contributed by atoms with Crippen molar-refractivity contribution in [2.75, 3.05) is 18.6 Å². The quantitative estimate of drug-likeness (QED) is 0.643. The number of hydrogen-bond acceptors (Lipinski definition) is 3. The summed E-state index contributed by atoms with van der Waals surface area (Å²) in [5, 5.41) is 14.4.